The molecule has 122 valence electrons. The van der Waals surface area contributed by atoms with Crippen LogP contribution in [-0.2, 0) is 9.53 Å². The molecule has 1 saturated heterocycles. The van der Waals surface area contributed by atoms with Crippen LogP contribution in [0.15, 0.2) is 40.9 Å². The molecule has 23 heavy (non-hydrogen) atoms. The summed E-state index contributed by atoms with van der Waals surface area (Å²) in [6, 6.07) is 11.1. The van der Waals surface area contributed by atoms with Gasteiger partial charge in [-0.3, -0.25) is 9.69 Å². The molecule has 1 amide bonds. The van der Waals surface area contributed by atoms with Crippen LogP contribution in [0.3, 0.4) is 0 Å². The molecule has 6 heteroatoms. The van der Waals surface area contributed by atoms with E-state index in [1.165, 1.54) is 0 Å². The molecule has 2 atom stereocenters. The minimum atomic E-state index is -0.375. The molecule has 3 rings (SSSR count). The zero-order valence-electron chi connectivity index (χ0n) is 13.4. The number of morpholine rings is 1. The van der Waals surface area contributed by atoms with Gasteiger partial charge in [0, 0.05) is 19.2 Å². The molecule has 0 bridgehead atoms. The summed E-state index contributed by atoms with van der Waals surface area (Å²) < 4.78 is 10.6. The van der Waals surface area contributed by atoms with E-state index >= 15 is 0 Å². The van der Waals surface area contributed by atoms with E-state index in [1.54, 1.807) is 13.0 Å². The zero-order valence-corrected chi connectivity index (χ0v) is 13.4. The van der Waals surface area contributed by atoms with Crippen LogP contribution in [0, 0.1) is 6.92 Å². The second kappa shape index (κ2) is 6.93. The smallest absolute Gasteiger partial charge is 0.247 e. The first-order chi connectivity index (χ1) is 11.1. The van der Waals surface area contributed by atoms with Crippen LogP contribution < -0.4 is 5.32 Å². The average molecular weight is 315 g/mol. The highest BCUT2D eigenvalue weighted by molar-refractivity contribution is 5.94. The molecule has 0 radical (unpaired) electrons. The summed E-state index contributed by atoms with van der Waals surface area (Å²) in [5.41, 5.74) is 0.958. The molecule has 2 heterocycles. The van der Waals surface area contributed by atoms with Crippen LogP contribution in [0.25, 0.3) is 0 Å². The molecule has 1 aromatic heterocycles. The Morgan fingerprint density at radius 3 is 2.83 bits per heavy atom. The molecule has 6 nitrogen and oxygen atoms in total. The average Bonchev–Trinajstić information content (AvgIpc) is 2.94. The first-order valence-corrected chi connectivity index (χ1v) is 7.78. The Bertz CT molecular complexity index is 656. The Labute approximate surface area is 135 Å². The van der Waals surface area contributed by atoms with Gasteiger partial charge in [0.05, 0.1) is 12.7 Å². The lowest BCUT2D eigenvalue weighted by Gasteiger charge is -2.36. The Hall–Kier alpha value is -2.18. The van der Waals surface area contributed by atoms with Crippen molar-refractivity contribution in [3.8, 4) is 0 Å². The molecule has 1 N–H and O–H groups in total. The van der Waals surface area contributed by atoms with Gasteiger partial charge in [-0.15, -0.1) is 0 Å². The monoisotopic (exact) mass is 315 g/mol. The van der Waals surface area contributed by atoms with Crippen molar-refractivity contribution in [2.45, 2.75) is 26.0 Å². The molecule has 0 aliphatic carbocycles. The molecular weight excluding hydrogens is 294 g/mol. The highest BCUT2D eigenvalue weighted by Crippen LogP contribution is 2.25. The lowest BCUT2D eigenvalue weighted by atomic mass is 10.0. The number of ether oxygens (including phenoxy) is 1. The maximum Gasteiger partial charge on any atom is 0.247 e. The van der Waals surface area contributed by atoms with Crippen molar-refractivity contribution in [2.24, 2.45) is 0 Å². The molecule has 1 fully saturated rings. The number of carbonyl (C=O) groups excluding carboxylic acids is 1. The number of hydrogen-bond donors (Lipinski definition) is 1. The first-order valence-electron chi connectivity index (χ1n) is 7.78. The van der Waals surface area contributed by atoms with Crippen LogP contribution >= 0.6 is 0 Å². The van der Waals surface area contributed by atoms with Gasteiger partial charge < -0.3 is 14.6 Å². The lowest BCUT2D eigenvalue weighted by Crippen LogP contribution is -2.46. The highest BCUT2D eigenvalue weighted by Gasteiger charge is 2.31. The molecule has 1 aliphatic heterocycles. The lowest BCUT2D eigenvalue weighted by molar-refractivity contribution is -0.124. The standard InChI is InChI=1S/C17H21N3O3/c1-12-10-15(19-23-12)18-17(21)16(14-6-4-3-5-7-14)20-8-9-22-13(2)11-20/h3-7,10,13,16H,8-9,11H2,1-2H3,(H,18,19,21)/t13-,16+/m1/s1. The quantitative estimate of drug-likeness (QED) is 0.938. The van der Waals surface area contributed by atoms with Gasteiger partial charge in [0.2, 0.25) is 5.91 Å². The fraction of sp³-hybridized carbons (Fsp3) is 0.412. The van der Waals surface area contributed by atoms with Crippen LogP contribution in [0.1, 0.15) is 24.3 Å². The fourth-order valence-corrected chi connectivity index (χ4v) is 2.86. The summed E-state index contributed by atoms with van der Waals surface area (Å²) in [6.45, 7) is 5.87. The number of hydrogen-bond acceptors (Lipinski definition) is 5. The van der Waals surface area contributed by atoms with Gasteiger partial charge in [0.15, 0.2) is 5.82 Å². The predicted molar refractivity (Wildman–Crippen MR) is 86.0 cm³/mol. The Morgan fingerprint density at radius 1 is 1.39 bits per heavy atom. The molecule has 2 aromatic rings. The number of rotatable bonds is 4. The number of aromatic nitrogens is 1. The van der Waals surface area contributed by atoms with E-state index in [0.29, 0.717) is 24.7 Å². The molecule has 0 spiro atoms. The molecule has 0 saturated carbocycles. The van der Waals surface area contributed by atoms with E-state index in [4.69, 9.17) is 9.26 Å². The third-order valence-electron chi connectivity index (χ3n) is 3.88. The van der Waals surface area contributed by atoms with E-state index < -0.39 is 0 Å². The van der Waals surface area contributed by atoms with Gasteiger partial charge in [-0.25, -0.2) is 0 Å². The van der Waals surface area contributed by atoms with Crippen molar-refractivity contribution in [3.63, 3.8) is 0 Å². The van der Waals surface area contributed by atoms with Gasteiger partial charge >= 0.3 is 0 Å². The fourth-order valence-electron chi connectivity index (χ4n) is 2.86. The van der Waals surface area contributed by atoms with Crippen molar-refractivity contribution in [2.75, 3.05) is 25.0 Å². The third-order valence-corrected chi connectivity index (χ3v) is 3.88. The van der Waals surface area contributed by atoms with Crippen molar-refractivity contribution in [3.05, 3.63) is 47.7 Å². The minimum absolute atomic E-state index is 0.108. The SMILES string of the molecule is Cc1cc(NC(=O)[C@H](c2ccccc2)N2CCO[C@H](C)C2)no1. The number of carbonyl (C=O) groups is 1. The second-order valence-corrected chi connectivity index (χ2v) is 5.80. The number of amides is 1. The Morgan fingerprint density at radius 2 is 2.17 bits per heavy atom. The van der Waals surface area contributed by atoms with Gasteiger partial charge in [-0.1, -0.05) is 35.5 Å². The van der Waals surface area contributed by atoms with Crippen LogP contribution in [0.2, 0.25) is 0 Å². The summed E-state index contributed by atoms with van der Waals surface area (Å²) in [4.78, 5) is 15.0. The van der Waals surface area contributed by atoms with E-state index in [-0.39, 0.29) is 18.1 Å². The summed E-state index contributed by atoms with van der Waals surface area (Å²) in [5, 5.41) is 6.69. The first kappa shape index (κ1) is 15.7. The van der Waals surface area contributed by atoms with Gasteiger partial charge in [-0.05, 0) is 19.4 Å². The summed E-state index contributed by atoms with van der Waals surface area (Å²) in [6.07, 6.45) is 0.108. The van der Waals surface area contributed by atoms with Crippen molar-refractivity contribution in [1.82, 2.24) is 10.1 Å². The number of nitrogens with zero attached hydrogens (tertiary/aromatic N) is 2. The summed E-state index contributed by atoms with van der Waals surface area (Å²) in [5.74, 6) is 0.991. The van der Waals surface area contributed by atoms with Crippen LogP contribution in [0.4, 0.5) is 5.82 Å². The van der Waals surface area contributed by atoms with Crippen LogP contribution in [-0.4, -0.2) is 41.8 Å². The van der Waals surface area contributed by atoms with Gasteiger partial charge in [0.1, 0.15) is 11.8 Å². The number of benzene rings is 1. The largest absolute Gasteiger partial charge is 0.376 e. The van der Waals surface area contributed by atoms with E-state index in [1.807, 2.05) is 37.3 Å². The molecule has 0 unspecified atom stereocenters. The minimum Gasteiger partial charge on any atom is -0.376 e. The van der Waals surface area contributed by atoms with Gasteiger partial charge in [0.25, 0.3) is 0 Å². The topological polar surface area (TPSA) is 67.6 Å². The van der Waals surface area contributed by atoms with Crippen molar-refractivity contribution >= 4 is 11.7 Å². The third kappa shape index (κ3) is 3.78. The zero-order chi connectivity index (χ0) is 16.2. The number of anilines is 1. The number of aryl methyl sites for hydroxylation is 1. The van der Waals surface area contributed by atoms with Gasteiger partial charge in [-0.2, -0.15) is 0 Å². The Balaban J connectivity index is 1.83. The molecular formula is C17H21N3O3. The molecule has 1 aliphatic rings. The molecule has 1 aromatic carbocycles. The maximum absolute atomic E-state index is 12.9. The van der Waals surface area contributed by atoms with E-state index in [9.17, 15) is 4.79 Å². The highest BCUT2D eigenvalue weighted by atomic mass is 16.5. The second-order valence-electron chi connectivity index (χ2n) is 5.80. The Kier molecular flexibility index (Phi) is 4.73. The predicted octanol–water partition coefficient (Wildman–Crippen LogP) is 2.38. The maximum atomic E-state index is 12.9. The van der Waals surface area contributed by atoms with E-state index in [2.05, 4.69) is 15.4 Å². The van der Waals surface area contributed by atoms with Crippen LogP contribution in [0.5, 0.6) is 0 Å². The van der Waals surface area contributed by atoms with Crippen molar-refractivity contribution in [1.29, 1.82) is 0 Å². The summed E-state index contributed by atoms with van der Waals surface area (Å²) in [7, 11) is 0. The number of nitrogens with one attached hydrogen (secondary N) is 1. The normalized spacial score (nSPS) is 20.2. The van der Waals surface area contributed by atoms with Crippen molar-refractivity contribution < 1.29 is 14.1 Å². The summed E-state index contributed by atoms with van der Waals surface area (Å²) >= 11 is 0. The van der Waals surface area contributed by atoms with E-state index in [0.717, 1.165) is 12.1 Å².